The van der Waals surface area contributed by atoms with Crippen molar-refractivity contribution in [1.29, 1.82) is 0 Å². The number of ether oxygens (including phenoxy) is 1. The second kappa shape index (κ2) is 8.67. The van der Waals surface area contributed by atoms with E-state index in [0.29, 0.717) is 19.4 Å². The average Bonchev–Trinajstić information content (AvgIpc) is 2.45. The second-order valence-corrected chi connectivity index (χ2v) is 4.49. The molecule has 0 fully saturated rings. The number of carbonyl (C=O) groups is 1. The molecule has 0 aliphatic carbocycles. The molecule has 0 aromatic heterocycles. The van der Waals surface area contributed by atoms with Crippen molar-refractivity contribution < 1.29 is 14.6 Å². The lowest BCUT2D eigenvalue weighted by molar-refractivity contribution is -0.140. The fraction of sp³-hybridized carbons (Fsp3) is 0.533. The van der Waals surface area contributed by atoms with Gasteiger partial charge in [0.15, 0.2) is 0 Å². The molecule has 0 aliphatic rings. The number of benzene rings is 1. The molecule has 1 rings (SSSR count). The van der Waals surface area contributed by atoms with Gasteiger partial charge in [-0.05, 0) is 24.1 Å². The molecule has 0 atom stereocenters. The number of rotatable bonds is 8. The topological polar surface area (TPSA) is 49.8 Å². The first-order valence-corrected chi connectivity index (χ1v) is 6.67. The molecule has 0 spiro atoms. The van der Waals surface area contributed by atoms with Gasteiger partial charge in [-0.1, -0.05) is 31.2 Å². The summed E-state index contributed by atoms with van der Waals surface area (Å²) in [6.45, 7) is 4.73. The Morgan fingerprint density at radius 2 is 1.89 bits per heavy atom. The molecule has 19 heavy (non-hydrogen) atoms. The summed E-state index contributed by atoms with van der Waals surface area (Å²) in [5.74, 6) is -0.177. The third-order valence-electron chi connectivity index (χ3n) is 3.14. The lowest BCUT2D eigenvalue weighted by Gasteiger charge is -2.19. The quantitative estimate of drug-likeness (QED) is 0.725. The molecule has 0 saturated carbocycles. The summed E-state index contributed by atoms with van der Waals surface area (Å²) < 4.78 is 4.62. The SMILES string of the molecule is CCN(CCO)Cc1ccc(CCC(=O)OC)cc1. The van der Waals surface area contributed by atoms with Gasteiger partial charge in [-0.15, -0.1) is 0 Å². The van der Waals surface area contributed by atoms with E-state index in [4.69, 9.17) is 5.11 Å². The Balaban J connectivity index is 2.48. The zero-order valence-corrected chi connectivity index (χ0v) is 11.8. The van der Waals surface area contributed by atoms with Crippen molar-refractivity contribution in [2.24, 2.45) is 0 Å². The number of esters is 1. The van der Waals surface area contributed by atoms with E-state index in [9.17, 15) is 4.79 Å². The van der Waals surface area contributed by atoms with Crippen molar-refractivity contribution in [2.75, 3.05) is 26.8 Å². The van der Waals surface area contributed by atoms with Crippen molar-refractivity contribution in [3.8, 4) is 0 Å². The predicted octanol–water partition coefficient (Wildman–Crippen LogP) is 1.61. The predicted molar refractivity (Wildman–Crippen MR) is 74.8 cm³/mol. The Hall–Kier alpha value is -1.39. The van der Waals surface area contributed by atoms with Crippen LogP contribution in [0.15, 0.2) is 24.3 Å². The van der Waals surface area contributed by atoms with E-state index in [1.165, 1.54) is 12.7 Å². The zero-order valence-electron chi connectivity index (χ0n) is 11.8. The van der Waals surface area contributed by atoms with Gasteiger partial charge >= 0.3 is 5.97 Å². The van der Waals surface area contributed by atoms with Crippen LogP contribution in [-0.4, -0.2) is 42.8 Å². The van der Waals surface area contributed by atoms with Crippen molar-refractivity contribution >= 4 is 5.97 Å². The molecular weight excluding hydrogens is 242 g/mol. The van der Waals surface area contributed by atoms with E-state index in [1.54, 1.807) is 0 Å². The first-order valence-electron chi connectivity index (χ1n) is 6.67. The van der Waals surface area contributed by atoms with Crippen molar-refractivity contribution in [3.63, 3.8) is 0 Å². The Kier molecular flexibility index (Phi) is 7.15. The molecule has 1 aromatic rings. The fourth-order valence-corrected chi connectivity index (χ4v) is 1.91. The van der Waals surface area contributed by atoms with Crippen LogP contribution in [0.5, 0.6) is 0 Å². The van der Waals surface area contributed by atoms with Crippen molar-refractivity contribution in [1.82, 2.24) is 4.90 Å². The van der Waals surface area contributed by atoms with Gasteiger partial charge in [0.05, 0.1) is 13.7 Å². The maximum atomic E-state index is 11.1. The first-order chi connectivity index (χ1) is 9.19. The Morgan fingerprint density at radius 1 is 1.26 bits per heavy atom. The summed E-state index contributed by atoms with van der Waals surface area (Å²) >= 11 is 0. The summed E-state index contributed by atoms with van der Waals surface area (Å²) in [7, 11) is 1.41. The number of methoxy groups -OCH3 is 1. The molecule has 4 nitrogen and oxygen atoms in total. The molecule has 1 aromatic carbocycles. The minimum Gasteiger partial charge on any atom is -0.469 e. The highest BCUT2D eigenvalue weighted by Crippen LogP contribution is 2.09. The van der Waals surface area contributed by atoms with Crippen LogP contribution in [0.3, 0.4) is 0 Å². The first kappa shape index (κ1) is 15.7. The average molecular weight is 265 g/mol. The number of hydrogen-bond donors (Lipinski definition) is 1. The number of aliphatic hydroxyl groups is 1. The van der Waals surface area contributed by atoms with Crippen LogP contribution in [0.4, 0.5) is 0 Å². The van der Waals surface area contributed by atoms with Gasteiger partial charge in [0, 0.05) is 19.5 Å². The number of carbonyl (C=O) groups excluding carboxylic acids is 1. The maximum Gasteiger partial charge on any atom is 0.305 e. The lowest BCUT2D eigenvalue weighted by atomic mass is 10.1. The van der Waals surface area contributed by atoms with E-state index >= 15 is 0 Å². The van der Waals surface area contributed by atoms with Crippen LogP contribution < -0.4 is 0 Å². The van der Waals surface area contributed by atoms with Crippen LogP contribution in [0.25, 0.3) is 0 Å². The minimum atomic E-state index is -0.177. The smallest absolute Gasteiger partial charge is 0.305 e. The highest BCUT2D eigenvalue weighted by atomic mass is 16.5. The summed E-state index contributed by atoms with van der Waals surface area (Å²) in [6, 6.07) is 8.25. The van der Waals surface area contributed by atoms with Gasteiger partial charge in [-0.2, -0.15) is 0 Å². The number of aliphatic hydroxyl groups excluding tert-OH is 1. The molecule has 4 heteroatoms. The van der Waals surface area contributed by atoms with Crippen LogP contribution >= 0.6 is 0 Å². The molecule has 106 valence electrons. The van der Waals surface area contributed by atoms with E-state index in [0.717, 1.165) is 18.7 Å². The molecule has 0 heterocycles. The van der Waals surface area contributed by atoms with Gasteiger partial charge in [0.1, 0.15) is 0 Å². The highest BCUT2D eigenvalue weighted by molar-refractivity contribution is 5.69. The molecule has 0 saturated heterocycles. The molecule has 0 aliphatic heterocycles. The van der Waals surface area contributed by atoms with Gasteiger partial charge in [-0.25, -0.2) is 0 Å². The van der Waals surface area contributed by atoms with Crippen molar-refractivity contribution in [3.05, 3.63) is 35.4 Å². The summed E-state index contributed by atoms with van der Waals surface area (Å²) in [4.78, 5) is 13.2. The van der Waals surface area contributed by atoms with E-state index in [1.807, 2.05) is 12.1 Å². The van der Waals surface area contributed by atoms with E-state index < -0.39 is 0 Å². The number of nitrogens with zero attached hydrogens (tertiary/aromatic N) is 1. The molecule has 0 radical (unpaired) electrons. The van der Waals surface area contributed by atoms with Gasteiger partial charge < -0.3 is 9.84 Å². The van der Waals surface area contributed by atoms with Gasteiger partial charge in [-0.3, -0.25) is 9.69 Å². The van der Waals surface area contributed by atoms with Crippen molar-refractivity contribution in [2.45, 2.75) is 26.3 Å². The third-order valence-corrected chi connectivity index (χ3v) is 3.14. The Morgan fingerprint density at radius 3 is 2.42 bits per heavy atom. The van der Waals surface area contributed by atoms with Crippen LogP contribution in [-0.2, 0) is 22.5 Å². The summed E-state index contributed by atoms with van der Waals surface area (Å²) in [5, 5.41) is 8.95. The summed E-state index contributed by atoms with van der Waals surface area (Å²) in [5.41, 5.74) is 2.36. The Bertz CT molecular complexity index is 375. The van der Waals surface area contributed by atoms with Crippen LogP contribution in [0, 0.1) is 0 Å². The molecule has 0 amide bonds. The van der Waals surface area contributed by atoms with Gasteiger partial charge in [0.2, 0.25) is 0 Å². The zero-order chi connectivity index (χ0) is 14.1. The molecular formula is C15H23NO3. The maximum absolute atomic E-state index is 11.1. The minimum absolute atomic E-state index is 0.177. The molecule has 0 unspecified atom stereocenters. The summed E-state index contributed by atoms with van der Waals surface area (Å²) in [6.07, 6.45) is 1.13. The largest absolute Gasteiger partial charge is 0.469 e. The lowest BCUT2D eigenvalue weighted by Crippen LogP contribution is -2.26. The highest BCUT2D eigenvalue weighted by Gasteiger charge is 2.04. The standard InChI is InChI=1S/C15H23NO3/c1-3-16(10-11-17)12-14-6-4-13(5-7-14)8-9-15(18)19-2/h4-7,17H,3,8-12H2,1-2H3. The normalized spacial score (nSPS) is 10.7. The number of hydrogen-bond acceptors (Lipinski definition) is 4. The van der Waals surface area contributed by atoms with E-state index in [-0.39, 0.29) is 12.6 Å². The van der Waals surface area contributed by atoms with Crippen LogP contribution in [0.1, 0.15) is 24.5 Å². The van der Waals surface area contributed by atoms with E-state index in [2.05, 4.69) is 28.7 Å². The monoisotopic (exact) mass is 265 g/mol. The fourth-order valence-electron chi connectivity index (χ4n) is 1.91. The third kappa shape index (κ3) is 5.85. The van der Waals surface area contributed by atoms with Crippen LogP contribution in [0.2, 0.25) is 0 Å². The Labute approximate surface area is 115 Å². The van der Waals surface area contributed by atoms with Gasteiger partial charge in [0.25, 0.3) is 0 Å². The molecule has 0 bridgehead atoms. The number of aryl methyl sites for hydroxylation is 1. The second-order valence-electron chi connectivity index (χ2n) is 4.49. The molecule has 1 N–H and O–H groups in total. The number of likely N-dealkylation sites (N-methyl/N-ethyl adjacent to an activating group) is 1.